The number of hydrazone groups is 1. The van der Waals surface area contributed by atoms with Crippen molar-refractivity contribution in [2.24, 2.45) is 11.0 Å². The maximum atomic E-state index is 5.60. The van der Waals surface area contributed by atoms with E-state index in [0.29, 0.717) is 5.92 Å². The summed E-state index contributed by atoms with van der Waals surface area (Å²) < 4.78 is 5.60. The topological polar surface area (TPSA) is 36.9 Å². The standard InChI is InChI=1S/C14H27N3O/c1-7-17(16-6)13(4)11-9-10-12(3)14(15-5)18-8-2/h7,9,11-15H,1,6,8,10H2,2-5H3/b11-9+. The van der Waals surface area contributed by atoms with Gasteiger partial charge in [0.1, 0.15) is 6.23 Å². The van der Waals surface area contributed by atoms with Gasteiger partial charge in [-0.2, -0.15) is 5.10 Å². The van der Waals surface area contributed by atoms with Crippen LogP contribution < -0.4 is 5.32 Å². The molecule has 4 nitrogen and oxygen atoms in total. The second kappa shape index (κ2) is 9.85. The zero-order valence-electron chi connectivity index (χ0n) is 12.1. The van der Waals surface area contributed by atoms with E-state index >= 15 is 0 Å². The molecule has 18 heavy (non-hydrogen) atoms. The molecule has 0 aromatic rings. The first-order valence-electron chi connectivity index (χ1n) is 6.43. The van der Waals surface area contributed by atoms with Crippen LogP contribution in [0.15, 0.2) is 30.0 Å². The molecule has 0 rings (SSSR count). The molecule has 0 aromatic heterocycles. The summed E-state index contributed by atoms with van der Waals surface area (Å²) in [6.45, 7) is 14.1. The van der Waals surface area contributed by atoms with Crippen LogP contribution in [0.25, 0.3) is 0 Å². The van der Waals surface area contributed by atoms with Crippen LogP contribution in [0, 0.1) is 5.92 Å². The first-order valence-corrected chi connectivity index (χ1v) is 6.43. The van der Waals surface area contributed by atoms with Crippen molar-refractivity contribution in [3.8, 4) is 0 Å². The molecule has 0 aliphatic heterocycles. The largest absolute Gasteiger partial charge is 0.363 e. The lowest BCUT2D eigenvalue weighted by molar-refractivity contribution is 0.00739. The maximum absolute atomic E-state index is 5.60. The van der Waals surface area contributed by atoms with Gasteiger partial charge in [0.15, 0.2) is 0 Å². The average molecular weight is 253 g/mol. The Morgan fingerprint density at radius 3 is 2.56 bits per heavy atom. The normalized spacial score (nSPS) is 16.2. The summed E-state index contributed by atoms with van der Waals surface area (Å²) in [5.41, 5.74) is 0. The van der Waals surface area contributed by atoms with E-state index in [1.54, 1.807) is 11.2 Å². The summed E-state index contributed by atoms with van der Waals surface area (Å²) >= 11 is 0. The van der Waals surface area contributed by atoms with Crippen molar-refractivity contribution < 1.29 is 4.74 Å². The Balaban J connectivity index is 4.20. The maximum Gasteiger partial charge on any atom is 0.110 e. The molecule has 4 heteroatoms. The smallest absolute Gasteiger partial charge is 0.110 e. The number of nitrogens with zero attached hydrogens (tertiary/aromatic N) is 2. The Bertz CT molecular complexity index is 258. The number of hydrogen-bond acceptors (Lipinski definition) is 4. The van der Waals surface area contributed by atoms with E-state index in [1.807, 2.05) is 14.0 Å². The molecule has 104 valence electrons. The van der Waals surface area contributed by atoms with E-state index in [-0.39, 0.29) is 12.3 Å². The van der Waals surface area contributed by atoms with Crippen molar-refractivity contribution in [2.75, 3.05) is 13.7 Å². The van der Waals surface area contributed by atoms with Crippen LogP contribution in [0.1, 0.15) is 27.2 Å². The van der Waals surface area contributed by atoms with Crippen LogP contribution in [0.3, 0.4) is 0 Å². The third-order valence-corrected chi connectivity index (χ3v) is 2.84. The van der Waals surface area contributed by atoms with E-state index in [9.17, 15) is 0 Å². The summed E-state index contributed by atoms with van der Waals surface area (Å²) in [6, 6.07) is 0.173. The molecule has 0 heterocycles. The van der Waals surface area contributed by atoms with E-state index in [0.717, 1.165) is 13.0 Å². The van der Waals surface area contributed by atoms with Crippen molar-refractivity contribution in [3.63, 3.8) is 0 Å². The Kier molecular flexibility index (Phi) is 9.24. The zero-order chi connectivity index (χ0) is 14.0. The Labute approximate surface area is 111 Å². The van der Waals surface area contributed by atoms with Crippen LogP contribution in [0.2, 0.25) is 0 Å². The molecule has 0 aromatic carbocycles. The third-order valence-electron chi connectivity index (χ3n) is 2.84. The molecule has 0 saturated heterocycles. The van der Waals surface area contributed by atoms with Gasteiger partial charge in [-0.1, -0.05) is 25.7 Å². The van der Waals surface area contributed by atoms with Crippen LogP contribution in [-0.4, -0.2) is 37.7 Å². The van der Waals surface area contributed by atoms with Crippen molar-refractivity contribution in [1.29, 1.82) is 0 Å². The highest BCUT2D eigenvalue weighted by molar-refractivity contribution is 5.23. The summed E-state index contributed by atoms with van der Waals surface area (Å²) in [4.78, 5) is 0. The van der Waals surface area contributed by atoms with Crippen molar-refractivity contribution in [3.05, 3.63) is 24.9 Å². The zero-order valence-corrected chi connectivity index (χ0v) is 12.1. The molecule has 1 N–H and O–H groups in total. The quantitative estimate of drug-likeness (QED) is 0.281. The highest BCUT2D eigenvalue weighted by Crippen LogP contribution is 2.11. The second-order valence-corrected chi connectivity index (χ2v) is 4.25. The summed E-state index contributed by atoms with van der Waals surface area (Å²) in [5, 5.41) is 8.76. The minimum Gasteiger partial charge on any atom is -0.363 e. The van der Waals surface area contributed by atoms with Gasteiger partial charge in [0.05, 0.1) is 6.04 Å². The first kappa shape index (κ1) is 16.9. The fraction of sp³-hybridized carbons (Fsp3) is 0.643. The van der Waals surface area contributed by atoms with Gasteiger partial charge in [-0.25, -0.2) is 0 Å². The molecular formula is C14H27N3O. The van der Waals surface area contributed by atoms with Gasteiger partial charge in [-0.15, -0.1) is 0 Å². The number of allylic oxidation sites excluding steroid dienone is 1. The first-order chi connectivity index (χ1) is 8.60. The van der Waals surface area contributed by atoms with Gasteiger partial charge in [-0.3, -0.25) is 10.3 Å². The van der Waals surface area contributed by atoms with Gasteiger partial charge in [0.25, 0.3) is 0 Å². The minimum absolute atomic E-state index is 0.1000. The Morgan fingerprint density at radius 2 is 2.11 bits per heavy atom. The van der Waals surface area contributed by atoms with Crippen molar-refractivity contribution in [1.82, 2.24) is 10.3 Å². The lowest BCUT2D eigenvalue weighted by atomic mass is 10.1. The molecule has 0 fully saturated rings. The lowest BCUT2D eigenvalue weighted by Gasteiger charge is -2.22. The number of hydrogen-bond donors (Lipinski definition) is 1. The third kappa shape index (κ3) is 5.98. The summed E-state index contributed by atoms with van der Waals surface area (Å²) in [7, 11) is 1.92. The number of rotatable bonds is 10. The molecule has 0 aliphatic rings. The Morgan fingerprint density at radius 1 is 1.44 bits per heavy atom. The fourth-order valence-electron chi connectivity index (χ4n) is 1.77. The van der Waals surface area contributed by atoms with Gasteiger partial charge in [0, 0.05) is 19.5 Å². The van der Waals surface area contributed by atoms with E-state index in [2.05, 4.69) is 49.7 Å². The molecule has 0 saturated carbocycles. The highest BCUT2D eigenvalue weighted by atomic mass is 16.5. The van der Waals surface area contributed by atoms with Gasteiger partial charge >= 0.3 is 0 Å². The van der Waals surface area contributed by atoms with Crippen LogP contribution in [0.5, 0.6) is 0 Å². The molecule has 0 amide bonds. The summed E-state index contributed by atoms with van der Waals surface area (Å²) in [5.74, 6) is 0.423. The van der Waals surface area contributed by atoms with E-state index in [4.69, 9.17) is 4.74 Å². The Hall–Kier alpha value is -1.13. The van der Waals surface area contributed by atoms with Gasteiger partial charge in [0.2, 0.25) is 0 Å². The predicted molar refractivity (Wildman–Crippen MR) is 78.4 cm³/mol. The number of ether oxygens (including phenoxy) is 1. The van der Waals surface area contributed by atoms with Crippen LogP contribution >= 0.6 is 0 Å². The van der Waals surface area contributed by atoms with Gasteiger partial charge in [-0.05, 0) is 33.2 Å². The average Bonchev–Trinajstić information content (AvgIpc) is 2.37. The molecular weight excluding hydrogens is 226 g/mol. The van der Waals surface area contributed by atoms with Crippen molar-refractivity contribution >= 4 is 6.72 Å². The lowest BCUT2D eigenvalue weighted by Crippen LogP contribution is -2.34. The van der Waals surface area contributed by atoms with E-state index in [1.165, 1.54) is 0 Å². The molecule has 3 atom stereocenters. The van der Waals surface area contributed by atoms with E-state index < -0.39 is 0 Å². The monoisotopic (exact) mass is 253 g/mol. The SMILES string of the molecule is C=CN(N=C)C(C)/C=C/CC(C)C(NC)OCC. The second-order valence-electron chi connectivity index (χ2n) is 4.25. The summed E-state index contributed by atoms with van der Waals surface area (Å²) in [6.07, 6.45) is 6.98. The highest BCUT2D eigenvalue weighted by Gasteiger charge is 2.13. The molecule has 0 spiro atoms. The molecule has 0 radical (unpaired) electrons. The minimum atomic E-state index is 0.1000. The molecule has 0 aliphatic carbocycles. The van der Waals surface area contributed by atoms with Crippen molar-refractivity contribution in [2.45, 2.75) is 39.5 Å². The fourth-order valence-corrected chi connectivity index (χ4v) is 1.77. The van der Waals surface area contributed by atoms with Crippen LogP contribution in [-0.2, 0) is 4.74 Å². The molecule has 0 bridgehead atoms. The molecule has 3 unspecified atom stereocenters. The van der Waals surface area contributed by atoms with Gasteiger partial charge < -0.3 is 4.74 Å². The predicted octanol–water partition coefficient (Wildman–Crippen LogP) is 2.60. The number of nitrogens with one attached hydrogen (secondary N) is 1. The van der Waals surface area contributed by atoms with Crippen LogP contribution in [0.4, 0.5) is 0 Å².